The zero-order chi connectivity index (χ0) is 10.0. The third-order valence-corrected chi connectivity index (χ3v) is 1.74. The lowest BCUT2D eigenvalue weighted by Crippen LogP contribution is -2.61. The summed E-state index contributed by atoms with van der Waals surface area (Å²) in [6.07, 6.45) is 0.00176. The summed E-state index contributed by atoms with van der Waals surface area (Å²) in [5.41, 5.74) is 4.87. The highest BCUT2D eigenvalue weighted by Gasteiger charge is 2.45. The summed E-state index contributed by atoms with van der Waals surface area (Å²) in [6, 6.07) is -1.72. The first-order valence-electron chi connectivity index (χ1n) is 3.86. The second-order valence-electron chi connectivity index (χ2n) is 2.57. The van der Waals surface area contributed by atoms with Gasteiger partial charge in [-0.1, -0.05) is 0 Å². The van der Waals surface area contributed by atoms with Crippen molar-refractivity contribution in [3.8, 4) is 0 Å². The fraction of sp³-hybridized carbons (Fsp3) is 0.571. The molecule has 6 nitrogen and oxygen atoms in total. The van der Waals surface area contributed by atoms with E-state index in [2.05, 4.69) is 4.74 Å². The monoisotopic (exact) mass is 186 g/mol. The van der Waals surface area contributed by atoms with Crippen LogP contribution in [0.2, 0.25) is 0 Å². The van der Waals surface area contributed by atoms with Crippen LogP contribution in [0, 0.1) is 0 Å². The number of amides is 3. The third kappa shape index (κ3) is 1.61. The van der Waals surface area contributed by atoms with Crippen LogP contribution in [0.1, 0.15) is 13.3 Å². The standard InChI is InChI=1S/C7H10N2O4/c1-2-13-6(11)4-3-5(10)9(4)7(8)12/h4H,2-3H2,1H3,(H2,8,12)/t4-/m0/s1. The minimum atomic E-state index is -0.908. The zero-order valence-corrected chi connectivity index (χ0v) is 7.15. The third-order valence-electron chi connectivity index (χ3n) is 1.74. The van der Waals surface area contributed by atoms with Crippen molar-refractivity contribution in [1.29, 1.82) is 0 Å². The van der Waals surface area contributed by atoms with Crippen molar-refractivity contribution >= 4 is 17.9 Å². The van der Waals surface area contributed by atoms with Gasteiger partial charge in [0.2, 0.25) is 5.91 Å². The first kappa shape index (κ1) is 9.50. The van der Waals surface area contributed by atoms with Gasteiger partial charge in [0, 0.05) is 0 Å². The van der Waals surface area contributed by atoms with E-state index in [1.807, 2.05) is 0 Å². The van der Waals surface area contributed by atoms with E-state index in [1.54, 1.807) is 6.92 Å². The Hall–Kier alpha value is -1.59. The van der Waals surface area contributed by atoms with Crippen LogP contribution >= 0.6 is 0 Å². The Morgan fingerprint density at radius 2 is 2.31 bits per heavy atom. The summed E-state index contributed by atoms with van der Waals surface area (Å²) in [5.74, 6) is -1.02. The minimum Gasteiger partial charge on any atom is -0.464 e. The van der Waals surface area contributed by atoms with E-state index in [9.17, 15) is 14.4 Å². The second-order valence-corrected chi connectivity index (χ2v) is 2.57. The van der Waals surface area contributed by atoms with Crippen LogP contribution in [0.5, 0.6) is 0 Å². The second kappa shape index (κ2) is 3.42. The molecule has 0 radical (unpaired) electrons. The largest absolute Gasteiger partial charge is 0.464 e. The van der Waals surface area contributed by atoms with Gasteiger partial charge in [-0.15, -0.1) is 0 Å². The maximum atomic E-state index is 11.1. The highest BCUT2D eigenvalue weighted by atomic mass is 16.5. The first-order valence-corrected chi connectivity index (χ1v) is 3.86. The van der Waals surface area contributed by atoms with Crippen molar-refractivity contribution in [1.82, 2.24) is 4.90 Å². The number of primary amides is 1. The molecule has 3 amide bonds. The van der Waals surface area contributed by atoms with Crippen LogP contribution in [0.3, 0.4) is 0 Å². The van der Waals surface area contributed by atoms with E-state index in [0.717, 1.165) is 0 Å². The molecule has 1 aliphatic heterocycles. The topological polar surface area (TPSA) is 89.7 Å². The SMILES string of the molecule is CCOC(=O)[C@@H]1CC(=O)N1C(N)=O. The number of rotatable bonds is 2. The van der Waals surface area contributed by atoms with Crippen LogP contribution in [0.4, 0.5) is 4.79 Å². The van der Waals surface area contributed by atoms with E-state index >= 15 is 0 Å². The van der Waals surface area contributed by atoms with Crippen LogP contribution in [0.15, 0.2) is 0 Å². The van der Waals surface area contributed by atoms with Crippen LogP contribution in [-0.2, 0) is 14.3 Å². The number of imide groups is 1. The molecule has 0 unspecified atom stereocenters. The molecule has 0 saturated carbocycles. The van der Waals surface area contributed by atoms with E-state index in [0.29, 0.717) is 4.90 Å². The maximum absolute atomic E-state index is 11.1. The minimum absolute atomic E-state index is 0.00176. The van der Waals surface area contributed by atoms with Gasteiger partial charge >= 0.3 is 12.0 Å². The fourth-order valence-electron chi connectivity index (χ4n) is 1.12. The van der Waals surface area contributed by atoms with E-state index in [1.165, 1.54) is 0 Å². The number of ether oxygens (including phenoxy) is 1. The summed E-state index contributed by atoms with van der Waals surface area (Å²) in [5, 5.41) is 0. The van der Waals surface area contributed by atoms with Crippen molar-refractivity contribution in [2.75, 3.05) is 6.61 Å². The molecule has 72 valence electrons. The molecule has 1 saturated heterocycles. The first-order chi connectivity index (χ1) is 6.07. The molecule has 0 bridgehead atoms. The molecule has 1 aliphatic rings. The van der Waals surface area contributed by atoms with Gasteiger partial charge in [0.05, 0.1) is 13.0 Å². The number of carbonyl (C=O) groups excluding carboxylic acids is 3. The number of urea groups is 1. The highest BCUT2D eigenvalue weighted by molar-refractivity contribution is 6.05. The van der Waals surface area contributed by atoms with Gasteiger partial charge in [0.1, 0.15) is 6.04 Å². The molecular weight excluding hydrogens is 176 g/mol. The van der Waals surface area contributed by atoms with Gasteiger partial charge in [-0.3, -0.25) is 4.79 Å². The molecule has 0 aromatic heterocycles. The van der Waals surface area contributed by atoms with Crippen molar-refractivity contribution in [2.45, 2.75) is 19.4 Å². The fourth-order valence-corrected chi connectivity index (χ4v) is 1.12. The van der Waals surface area contributed by atoms with Gasteiger partial charge in [0.15, 0.2) is 0 Å². The normalized spacial score (nSPS) is 20.8. The maximum Gasteiger partial charge on any atom is 0.329 e. The molecule has 1 heterocycles. The van der Waals surface area contributed by atoms with Crippen molar-refractivity contribution in [3.63, 3.8) is 0 Å². The van der Waals surface area contributed by atoms with Crippen LogP contribution < -0.4 is 5.73 Å². The van der Waals surface area contributed by atoms with E-state index < -0.39 is 23.9 Å². The smallest absolute Gasteiger partial charge is 0.329 e. The molecule has 6 heteroatoms. The molecule has 0 spiro atoms. The molecule has 1 fully saturated rings. The summed E-state index contributed by atoms with van der Waals surface area (Å²) < 4.78 is 4.63. The summed E-state index contributed by atoms with van der Waals surface area (Å²) >= 11 is 0. The Bertz CT molecular complexity index is 255. The molecule has 0 aromatic rings. The van der Waals surface area contributed by atoms with Crippen LogP contribution in [-0.4, -0.2) is 35.5 Å². The van der Waals surface area contributed by atoms with Crippen molar-refractivity contribution in [3.05, 3.63) is 0 Å². The number of nitrogens with zero attached hydrogens (tertiary/aromatic N) is 1. The number of hydrogen-bond donors (Lipinski definition) is 1. The summed E-state index contributed by atoms with van der Waals surface area (Å²) in [6.45, 7) is 1.86. The lowest BCUT2D eigenvalue weighted by Gasteiger charge is -2.34. The predicted molar refractivity (Wildman–Crippen MR) is 41.5 cm³/mol. The number of likely N-dealkylation sites (tertiary alicyclic amines) is 1. The number of β-lactam (4-membered cyclic amide) rings is 1. The quantitative estimate of drug-likeness (QED) is 0.453. The van der Waals surface area contributed by atoms with Gasteiger partial charge in [0.25, 0.3) is 0 Å². The Morgan fingerprint density at radius 1 is 1.69 bits per heavy atom. The number of nitrogens with two attached hydrogens (primary N) is 1. The number of carbonyl (C=O) groups is 3. The zero-order valence-electron chi connectivity index (χ0n) is 7.15. The van der Waals surface area contributed by atoms with Gasteiger partial charge in [-0.2, -0.15) is 0 Å². The molecule has 1 rings (SSSR count). The van der Waals surface area contributed by atoms with Gasteiger partial charge < -0.3 is 10.5 Å². The number of hydrogen-bond acceptors (Lipinski definition) is 4. The van der Waals surface area contributed by atoms with Crippen molar-refractivity contribution < 1.29 is 19.1 Å². The molecule has 13 heavy (non-hydrogen) atoms. The van der Waals surface area contributed by atoms with E-state index in [-0.39, 0.29) is 13.0 Å². The van der Waals surface area contributed by atoms with Crippen molar-refractivity contribution in [2.24, 2.45) is 5.73 Å². The summed E-state index contributed by atoms with van der Waals surface area (Å²) in [7, 11) is 0. The van der Waals surface area contributed by atoms with Crippen LogP contribution in [0.25, 0.3) is 0 Å². The lowest BCUT2D eigenvalue weighted by atomic mass is 10.0. The average Bonchev–Trinajstić information content (AvgIpc) is 1.98. The molecule has 0 aromatic carbocycles. The number of esters is 1. The predicted octanol–water partition coefficient (Wildman–Crippen LogP) is -0.771. The Morgan fingerprint density at radius 3 is 2.69 bits per heavy atom. The lowest BCUT2D eigenvalue weighted by molar-refractivity contribution is -0.161. The Kier molecular flexibility index (Phi) is 2.50. The molecule has 1 atom stereocenters. The molecule has 2 N–H and O–H groups in total. The molecule has 0 aliphatic carbocycles. The van der Waals surface area contributed by atoms with E-state index in [4.69, 9.17) is 5.73 Å². The molecular formula is C7H10N2O4. The highest BCUT2D eigenvalue weighted by Crippen LogP contribution is 2.19. The summed E-state index contributed by atoms with van der Waals surface area (Å²) in [4.78, 5) is 33.2. The van der Waals surface area contributed by atoms with Gasteiger partial charge in [-0.25, -0.2) is 14.5 Å². The average molecular weight is 186 g/mol. The Balaban J connectivity index is 2.59. The van der Waals surface area contributed by atoms with Gasteiger partial charge in [-0.05, 0) is 6.92 Å². The Labute approximate surface area is 74.6 Å².